The molecule has 7 nitrogen and oxygen atoms in total. The Hall–Kier alpha value is -3.86. The maximum Gasteiger partial charge on any atom is 0.420 e. The van der Waals surface area contributed by atoms with Crippen molar-refractivity contribution in [3.05, 3.63) is 81.5 Å². The van der Waals surface area contributed by atoms with Gasteiger partial charge in [0, 0.05) is 31.0 Å². The second-order valence-corrected chi connectivity index (χ2v) is 8.87. The van der Waals surface area contributed by atoms with Crippen LogP contribution in [0.2, 0.25) is 0 Å². The second kappa shape index (κ2) is 10.6. The molecule has 0 saturated carbocycles. The van der Waals surface area contributed by atoms with Gasteiger partial charge in [-0.2, -0.15) is 13.2 Å². The quantitative estimate of drug-likeness (QED) is 0.429. The molecular weight excluding hydrogens is 494 g/mol. The Balaban J connectivity index is 1.78. The molecule has 0 aliphatic carbocycles. The molecule has 11 heteroatoms. The number of aryl methyl sites for hydroxylation is 1. The van der Waals surface area contributed by atoms with Crippen molar-refractivity contribution in [1.82, 2.24) is 9.88 Å². The van der Waals surface area contributed by atoms with Crippen LogP contribution >= 0.6 is 0 Å². The molecule has 2 aromatic carbocycles. The summed E-state index contributed by atoms with van der Waals surface area (Å²) in [6.45, 7) is 2.84. The number of ether oxygens (including phenoxy) is 2. The minimum atomic E-state index is -4.81. The molecule has 1 aromatic heterocycles. The van der Waals surface area contributed by atoms with Crippen LogP contribution in [0.5, 0.6) is 17.2 Å². The lowest BCUT2D eigenvalue weighted by atomic mass is 10.1. The third-order valence-corrected chi connectivity index (χ3v) is 5.98. The van der Waals surface area contributed by atoms with Gasteiger partial charge in [0.25, 0.3) is 5.91 Å². The van der Waals surface area contributed by atoms with Crippen molar-refractivity contribution in [2.45, 2.75) is 32.0 Å². The zero-order valence-electron chi connectivity index (χ0n) is 20.1. The molecule has 2 heterocycles. The Bertz CT molecular complexity index is 1350. The standard InChI is InChI=1S/C26H25F4N3O4/c1-15-11-16(27)3-4-21(15)37-22-14-20(26(28,29)30)23(36-18-6-9-33(2)10-7-18)13-19(22)25(35)32-17-5-8-31-24(34)12-17/h3-5,8,11-14,18H,6-7,9-10H2,1-2H3,(H2,31,32,34,35). The van der Waals surface area contributed by atoms with E-state index in [1.54, 1.807) is 0 Å². The van der Waals surface area contributed by atoms with E-state index in [2.05, 4.69) is 10.3 Å². The summed E-state index contributed by atoms with van der Waals surface area (Å²) in [7, 11) is 1.91. The van der Waals surface area contributed by atoms with Crippen molar-refractivity contribution in [2.24, 2.45) is 0 Å². The van der Waals surface area contributed by atoms with E-state index >= 15 is 0 Å². The van der Waals surface area contributed by atoms with Crippen LogP contribution in [0.3, 0.4) is 0 Å². The van der Waals surface area contributed by atoms with Crippen LogP contribution in [0.15, 0.2) is 53.5 Å². The van der Waals surface area contributed by atoms with Crippen LogP contribution in [0, 0.1) is 12.7 Å². The summed E-state index contributed by atoms with van der Waals surface area (Å²) < 4.78 is 67.4. The molecule has 37 heavy (non-hydrogen) atoms. The number of piperidine rings is 1. The number of rotatable bonds is 6. The van der Waals surface area contributed by atoms with Gasteiger partial charge in [-0.3, -0.25) is 9.59 Å². The number of nitrogens with one attached hydrogen (secondary N) is 2. The molecule has 1 aliphatic rings. The summed E-state index contributed by atoms with van der Waals surface area (Å²) >= 11 is 0. The van der Waals surface area contributed by atoms with Crippen molar-refractivity contribution in [1.29, 1.82) is 0 Å². The number of halogens is 4. The van der Waals surface area contributed by atoms with Gasteiger partial charge in [-0.15, -0.1) is 0 Å². The maximum absolute atomic E-state index is 14.1. The van der Waals surface area contributed by atoms with Crippen LogP contribution in [0.1, 0.15) is 34.3 Å². The van der Waals surface area contributed by atoms with Gasteiger partial charge in [0.15, 0.2) is 0 Å². The van der Waals surface area contributed by atoms with E-state index in [1.165, 1.54) is 25.3 Å². The van der Waals surface area contributed by atoms with Gasteiger partial charge in [-0.25, -0.2) is 4.39 Å². The molecule has 1 fully saturated rings. The van der Waals surface area contributed by atoms with Gasteiger partial charge in [-0.1, -0.05) is 0 Å². The third-order valence-electron chi connectivity index (χ3n) is 5.98. The SMILES string of the molecule is Cc1cc(F)ccc1Oc1cc(C(F)(F)F)c(OC2CCN(C)CC2)cc1C(=O)Nc1cc[nH]c(=O)c1. The van der Waals surface area contributed by atoms with Gasteiger partial charge in [0.05, 0.1) is 5.56 Å². The minimum Gasteiger partial charge on any atom is -0.490 e. The van der Waals surface area contributed by atoms with E-state index in [-0.39, 0.29) is 17.0 Å². The predicted molar refractivity (Wildman–Crippen MR) is 129 cm³/mol. The number of amides is 1. The molecule has 0 spiro atoms. The number of hydrogen-bond donors (Lipinski definition) is 2. The van der Waals surface area contributed by atoms with E-state index in [4.69, 9.17) is 9.47 Å². The Morgan fingerprint density at radius 1 is 1.05 bits per heavy atom. The summed E-state index contributed by atoms with van der Waals surface area (Å²) in [4.78, 5) is 29.3. The van der Waals surface area contributed by atoms with Gasteiger partial charge in [0.2, 0.25) is 5.56 Å². The van der Waals surface area contributed by atoms with E-state index < -0.39 is 46.6 Å². The van der Waals surface area contributed by atoms with E-state index in [1.807, 2.05) is 11.9 Å². The first-order chi connectivity index (χ1) is 17.5. The highest BCUT2D eigenvalue weighted by molar-refractivity contribution is 6.06. The number of benzene rings is 2. The van der Waals surface area contributed by atoms with Crippen molar-refractivity contribution in [3.8, 4) is 17.2 Å². The third kappa shape index (κ3) is 6.48. The molecule has 2 N–H and O–H groups in total. The van der Waals surface area contributed by atoms with Gasteiger partial charge in [0.1, 0.15) is 34.7 Å². The fraction of sp³-hybridized carbons (Fsp3) is 0.308. The minimum absolute atomic E-state index is 0.0729. The average molecular weight is 519 g/mol. The molecule has 1 aliphatic heterocycles. The Morgan fingerprint density at radius 3 is 2.43 bits per heavy atom. The van der Waals surface area contributed by atoms with E-state index in [0.29, 0.717) is 37.6 Å². The topological polar surface area (TPSA) is 83.7 Å². The highest BCUT2D eigenvalue weighted by Crippen LogP contribution is 2.42. The van der Waals surface area contributed by atoms with Crippen LogP contribution < -0.4 is 20.3 Å². The van der Waals surface area contributed by atoms with Crippen molar-refractivity contribution in [3.63, 3.8) is 0 Å². The molecule has 1 amide bonds. The van der Waals surface area contributed by atoms with Crippen molar-refractivity contribution >= 4 is 11.6 Å². The smallest absolute Gasteiger partial charge is 0.420 e. The molecule has 196 valence electrons. The number of anilines is 1. The number of H-pyrrole nitrogens is 1. The zero-order chi connectivity index (χ0) is 26.7. The monoisotopic (exact) mass is 519 g/mol. The Morgan fingerprint density at radius 2 is 1.78 bits per heavy atom. The normalized spacial score (nSPS) is 14.9. The Kier molecular flexibility index (Phi) is 7.53. The van der Waals surface area contributed by atoms with Crippen molar-refractivity contribution in [2.75, 3.05) is 25.5 Å². The number of pyridine rings is 1. The number of nitrogens with zero attached hydrogens (tertiary/aromatic N) is 1. The van der Waals surface area contributed by atoms with Gasteiger partial charge >= 0.3 is 6.18 Å². The lowest BCUT2D eigenvalue weighted by Crippen LogP contribution is -2.36. The first kappa shape index (κ1) is 26.2. The molecule has 0 radical (unpaired) electrons. The number of carbonyl (C=O) groups is 1. The summed E-state index contributed by atoms with van der Waals surface area (Å²) in [6.07, 6.45) is -2.91. The van der Waals surface area contributed by atoms with E-state index in [0.717, 1.165) is 24.3 Å². The van der Waals surface area contributed by atoms with Crippen LogP contribution in [-0.4, -0.2) is 42.0 Å². The van der Waals surface area contributed by atoms with Crippen LogP contribution in [0.25, 0.3) is 0 Å². The van der Waals surface area contributed by atoms with Crippen molar-refractivity contribution < 1.29 is 31.8 Å². The van der Waals surface area contributed by atoms with Crippen LogP contribution in [0.4, 0.5) is 23.2 Å². The molecule has 4 rings (SSSR count). The molecule has 1 saturated heterocycles. The fourth-order valence-corrected chi connectivity index (χ4v) is 3.99. The second-order valence-electron chi connectivity index (χ2n) is 8.87. The highest BCUT2D eigenvalue weighted by Gasteiger charge is 2.37. The number of likely N-dealkylation sites (tertiary alicyclic amines) is 1. The molecule has 0 unspecified atom stereocenters. The molecule has 0 bridgehead atoms. The van der Waals surface area contributed by atoms with Gasteiger partial charge in [-0.05, 0) is 68.8 Å². The molecular formula is C26H25F4N3O4. The summed E-state index contributed by atoms with van der Waals surface area (Å²) in [5, 5.41) is 2.50. The lowest BCUT2D eigenvalue weighted by molar-refractivity contribution is -0.139. The van der Waals surface area contributed by atoms with Gasteiger partial charge < -0.3 is 24.7 Å². The Labute approximate surface area is 210 Å². The summed E-state index contributed by atoms with van der Waals surface area (Å²) in [5.41, 5.74) is -1.37. The fourth-order valence-electron chi connectivity index (χ4n) is 3.99. The highest BCUT2D eigenvalue weighted by atomic mass is 19.4. The number of aromatic nitrogens is 1. The number of aromatic amines is 1. The lowest BCUT2D eigenvalue weighted by Gasteiger charge is -2.30. The number of carbonyl (C=O) groups excluding carboxylic acids is 1. The summed E-state index contributed by atoms with van der Waals surface area (Å²) in [5.74, 6) is -2.19. The number of alkyl halides is 3. The molecule has 0 atom stereocenters. The predicted octanol–water partition coefficient (Wildman–Crippen LogP) is 5.36. The average Bonchev–Trinajstić information content (AvgIpc) is 2.82. The first-order valence-corrected chi connectivity index (χ1v) is 11.5. The maximum atomic E-state index is 14.1. The number of hydrogen-bond acceptors (Lipinski definition) is 5. The largest absolute Gasteiger partial charge is 0.490 e. The molecule has 3 aromatic rings. The first-order valence-electron chi connectivity index (χ1n) is 11.5. The van der Waals surface area contributed by atoms with E-state index in [9.17, 15) is 27.2 Å². The zero-order valence-corrected chi connectivity index (χ0v) is 20.1. The summed E-state index contributed by atoms with van der Waals surface area (Å²) in [6, 6.07) is 7.78. The van der Waals surface area contributed by atoms with Crippen LogP contribution in [-0.2, 0) is 6.18 Å².